The molecule has 104 valence electrons. The maximum Gasteiger partial charge on any atom is 2.00 e. The second kappa shape index (κ2) is 8.17. The zero-order valence-corrected chi connectivity index (χ0v) is 13.6. The van der Waals surface area contributed by atoms with Crippen molar-refractivity contribution in [2.24, 2.45) is 0 Å². The zero-order chi connectivity index (χ0) is 13.7. The fourth-order valence-electron chi connectivity index (χ4n) is 2.22. The molecule has 0 nitrogen and oxygen atoms in total. The first-order valence-corrected chi connectivity index (χ1v) is 6.31. The molecule has 0 unspecified atom stereocenters. The SMILES string of the molecule is Cc1[c-]c(C)cc(C)c1.Cc1[c-]c(C)cc(C)c1.[Ni+2]. The maximum atomic E-state index is 3.21. The Morgan fingerprint density at radius 2 is 0.737 bits per heavy atom. The van der Waals surface area contributed by atoms with Crippen molar-refractivity contribution in [3.05, 3.63) is 69.8 Å². The van der Waals surface area contributed by atoms with E-state index in [0.29, 0.717) is 0 Å². The molecule has 0 aliphatic carbocycles. The summed E-state index contributed by atoms with van der Waals surface area (Å²) in [6.45, 7) is 12.5. The van der Waals surface area contributed by atoms with Gasteiger partial charge < -0.3 is 0 Å². The van der Waals surface area contributed by atoms with E-state index in [1.807, 2.05) is 0 Å². The van der Waals surface area contributed by atoms with Crippen molar-refractivity contribution >= 4 is 0 Å². The summed E-state index contributed by atoms with van der Waals surface area (Å²) in [6, 6.07) is 14.9. The molecule has 2 aromatic rings. The summed E-state index contributed by atoms with van der Waals surface area (Å²) in [5, 5.41) is 0. The number of benzene rings is 2. The Morgan fingerprint density at radius 1 is 0.526 bits per heavy atom. The van der Waals surface area contributed by atoms with Crippen LogP contribution in [0.4, 0.5) is 0 Å². The summed E-state index contributed by atoms with van der Waals surface area (Å²) in [5.74, 6) is 0. The molecular formula is C18H22Ni. The van der Waals surface area contributed by atoms with E-state index in [0.717, 1.165) is 0 Å². The second-order valence-corrected chi connectivity index (χ2v) is 5.05. The van der Waals surface area contributed by atoms with Crippen LogP contribution in [0.3, 0.4) is 0 Å². The molecule has 0 saturated heterocycles. The Hall–Kier alpha value is -1.07. The Morgan fingerprint density at radius 3 is 0.895 bits per heavy atom. The molecule has 2 aromatic carbocycles. The van der Waals surface area contributed by atoms with Gasteiger partial charge in [0.05, 0.1) is 0 Å². The standard InChI is InChI=1S/2C9H11.Ni/c2*1-7-4-8(2)6-9(3)5-7;/h2*4-5H,1-3H3;/q2*-1;+2. The minimum atomic E-state index is 0. The van der Waals surface area contributed by atoms with Crippen LogP contribution in [0.2, 0.25) is 0 Å². The average Bonchev–Trinajstić information content (AvgIpc) is 2.12. The largest absolute Gasteiger partial charge is 2.00 e. The Balaban J connectivity index is 0.000000324. The van der Waals surface area contributed by atoms with Gasteiger partial charge >= 0.3 is 16.5 Å². The molecule has 0 aromatic heterocycles. The van der Waals surface area contributed by atoms with Gasteiger partial charge in [0.1, 0.15) is 0 Å². The van der Waals surface area contributed by atoms with Crippen molar-refractivity contribution in [3.63, 3.8) is 0 Å². The normalized spacial score (nSPS) is 9.16. The topological polar surface area (TPSA) is 0 Å². The van der Waals surface area contributed by atoms with Crippen LogP contribution in [-0.4, -0.2) is 0 Å². The summed E-state index contributed by atoms with van der Waals surface area (Å²) in [6.07, 6.45) is 0. The number of rotatable bonds is 0. The molecule has 0 aliphatic heterocycles. The van der Waals surface area contributed by atoms with E-state index in [9.17, 15) is 0 Å². The molecule has 1 heteroatoms. The third-order valence-corrected chi connectivity index (χ3v) is 2.57. The fraction of sp³-hybridized carbons (Fsp3) is 0.333. The zero-order valence-electron chi connectivity index (χ0n) is 12.6. The van der Waals surface area contributed by atoms with E-state index >= 15 is 0 Å². The first-order valence-electron chi connectivity index (χ1n) is 6.31. The van der Waals surface area contributed by atoms with Gasteiger partial charge in [-0.15, -0.1) is 0 Å². The summed E-state index contributed by atoms with van der Waals surface area (Å²) in [4.78, 5) is 0. The van der Waals surface area contributed by atoms with Crippen molar-refractivity contribution < 1.29 is 16.5 Å². The number of aryl methyl sites for hydroxylation is 6. The van der Waals surface area contributed by atoms with Crippen LogP contribution < -0.4 is 0 Å². The van der Waals surface area contributed by atoms with Gasteiger partial charge in [-0.25, -0.2) is 0 Å². The molecule has 0 atom stereocenters. The third kappa shape index (κ3) is 7.18. The molecule has 0 fully saturated rings. The van der Waals surface area contributed by atoms with Crippen LogP contribution in [0.15, 0.2) is 24.3 Å². The van der Waals surface area contributed by atoms with Crippen LogP contribution in [0.1, 0.15) is 33.4 Å². The monoisotopic (exact) mass is 296 g/mol. The molecule has 0 spiro atoms. The second-order valence-electron chi connectivity index (χ2n) is 5.05. The van der Waals surface area contributed by atoms with Crippen LogP contribution in [0, 0.1) is 53.7 Å². The molecule has 0 bridgehead atoms. The predicted molar refractivity (Wildman–Crippen MR) is 79.0 cm³/mol. The van der Waals surface area contributed by atoms with Crippen molar-refractivity contribution in [2.75, 3.05) is 0 Å². The molecule has 0 N–H and O–H groups in total. The summed E-state index contributed by atoms with van der Waals surface area (Å²) >= 11 is 0. The quantitative estimate of drug-likeness (QED) is 0.483. The van der Waals surface area contributed by atoms with Gasteiger partial charge in [0.2, 0.25) is 0 Å². The van der Waals surface area contributed by atoms with E-state index in [1.54, 1.807) is 0 Å². The van der Waals surface area contributed by atoms with Crippen LogP contribution >= 0.6 is 0 Å². The Labute approximate surface area is 128 Å². The van der Waals surface area contributed by atoms with Crippen molar-refractivity contribution in [1.82, 2.24) is 0 Å². The van der Waals surface area contributed by atoms with Gasteiger partial charge in [0.15, 0.2) is 0 Å². The van der Waals surface area contributed by atoms with E-state index < -0.39 is 0 Å². The van der Waals surface area contributed by atoms with Gasteiger partial charge in [-0.05, 0) is 0 Å². The van der Waals surface area contributed by atoms with Gasteiger partial charge in [-0.3, -0.25) is 0 Å². The van der Waals surface area contributed by atoms with Crippen molar-refractivity contribution in [2.45, 2.75) is 41.5 Å². The van der Waals surface area contributed by atoms with E-state index in [1.165, 1.54) is 33.4 Å². The fourth-order valence-corrected chi connectivity index (χ4v) is 2.22. The first-order chi connectivity index (χ1) is 8.36. The molecule has 0 aliphatic rings. The van der Waals surface area contributed by atoms with Crippen molar-refractivity contribution in [1.29, 1.82) is 0 Å². The van der Waals surface area contributed by atoms with Gasteiger partial charge in [0, 0.05) is 0 Å². The smallest absolute Gasteiger partial charge is 0.177 e. The average molecular weight is 297 g/mol. The van der Waals surface area contributed by atoms with Crippen LogP contribution in [-0.2, 0) is 16.5 Å². The van der Waals surface area contributed by atoms with E-state index in [4.69, 9.17) is 0 Å². The number of hydrogen-bond donors (Lipinski definition) is 0. The minimum absolute atomic E-state index is 0. The molecule has 0 radical (unpaired) electrons. The van der Waals surface area contributed by atoms with Gasteiger partial charge in [-0.2, -0.15) is 69.8 Å². The maximum absolute atomic E-state index is 3.21. The molecular weight excluding hydrogens is 275 g/mol. The summed E-state index contributed by atoms with van der Waals surface area (Å²) in [5.41, 5.74) is 7.56. The Kier molecular flexibility index (Phi) is 7.72. The predicted octanol–water partition coefficient (Wildman–Crippen LogP) is 4.82. The minimum Gasteiger partial charge on any atom is -0.177 e. The third-order valence-electron chi connectivity index (χ3n) is 2.57. The number of hydrogen-bond acceptors (Lipinski definition) is 0. The Bertz CT molecular complexity index is 377. The van der Waals surface area contributed by atoms with Crippen molar-refractivity contribution in [3.8, 4) is 0 Å². The summed E-state index contributed by atoms with van der Waals surface area (Å²) < 4.78 is 0. The summed E-state index contributed by atoms with van der Waals surface area (Å²) in [7, 11) is 0. The molecule has 19 heavy (non-hydrogen) atoms. The first kappa shape index (κ1) is 17.9. The molecule has 0 saturated carbocycles. The molecule has 2 rings (SSSR count). The van der Waals surface area contributed by atoms with Crippen LogP contribution in [0.25, 0.3) is 0 Å². The van der Waals surface area contributed by atoms with Gasteiger partial charge in [0.25, 0.3) is 0 Å². The van der Waals surface area contributed by atoms with E-state index in [-0.39, 0.29) is 16.5 Å². The van der Waals surface area contributed by atoms with Crippen LogP contribution in [0.5, 0.6) is 0 Å². The van der Waals surface area contributed by atoms with E-state index in [2.05, 4.69) is 77.9 Å². The molecule has 0 amide bonds. The van der Waals surface area contributed by atoms with Gasteiger partial charge in [-0.1, -0.05) is 41.5 Å². The molecule has 0 heterocycles.